The van der Waals surface area contributed by atoms with Gasteiger partial charge in [0.2, 0.25) is 5.91 Å². The van der Waals surface area contributed by atoms with Crippen LogP contribution in [0.1, 0.15) is 12.5 Å². The number of carbonyl (C=O) groups excluding carboxylic acids is 1. The third-order valence-corrected chi connectivity index (χ3v) is 3.46. The van der Waals surface area contributed by atoms with Crippen LogP contribution in [0, 0.1) is 0 Å². The Balaban J connectivity index is 1.57. The highest BCUT2D eigenvalue weighted by molar-refractivity contribution is 5.88. The lowest BCUT2D eigenvalue weighted by molar-refractivity contribution is -0.114. The van der Waals surface area contributed by atoms with E-state index in [1.54, 1.807) is 6.20 Å². The molecule has 0 aliphatic carbocycles. The van der Waals surface area contributed by atoms with Gasteiger partial charge in [-0.05, 0) is 30.2 Å². The van der Waals surface area contributed by atoms with Gasteiger partial charge in [0.25, 0.3) is 0 Å². The molecule has 0 fully saturated rings. The standard InChI is InChI=1S/C17H18N4O/c1-12(22)21-14-6-7-17(20-11-14)18-9-8-13-10-19-16-5-3-2-4-15(13)16/h2-7,10-11,19H,8-9H2,1H3,(H,18,20)(H,21,22). The molecule has 0 atom stereocenters. The monoisotopic (exact) mass is 294 g/mol. The van der Waals surface area contributed by atoms with Crippen molar-refractivity contribution in [3.8, 4) is 0 Å². The van der Waals surface area contributed by atoms with Crippen LogP contribution < -0.4 is 10.6 Å². The highest BCUT2D eigenvalue weighted by Crippen LogP contribution is 2.18. The maximum absolute atomic E-state index is 11.0. The number of para-hydroxylation sites is 1. The van der Waals surface area contributed by atoms with Crippen LogP contribution in [0.4, 0.5) is 11.5 Å². The third-order valence-electron chi connectivity index (χ3n) is 3.46. The molecule has 0 unspecified atom stereocenters. The molecule has 5 heteroatoms. The Labute approximate surface area is 128 Å². The summed E-state index contributed by atoms with van der Waals surface area (Å²) in [6, 6.07) is 12.0. The maximum Gasteiger partial charge on any atom is 0.221 e. The van der Waals surface area contributed by atoms with E-state index in [9.17, 15) is 4.79 Å². The van der Waals surface area contributed by atoms with E-state index in [1.807, 2.05) is 18.2 Å². The van der Waals surface area contributed by atoms with Crippen molar-refractivity contribution < 1.29 is 4.79 Å². The number of aromatic amines is 1. The van der Waals surface area contributed by atoms with E-state index in [1.165, 1.54) is 17.9 Å². The van der Waals surface area contributed by atoms with E-state index in [0.29, 0.717) is 5.69 Å². The summed E-state index contributed by atoms with van der Waals surface area (Å²) >= 11 is 0. The van der Waals surface area contributed by atoms with Crippen molar-refractivity contribution in [1.29, 1.82) is 0 Å². The number of carbonyl (C=O) groups is 1. The van der Waals surface area contributed by atoms with Crippen LogP contribution in [0.2, 0.25) is 0 Å². The lowest BCUT2D eigenvalue weighted by Gasteiger charge is -2.06. The lowest BCUT2D eigenvalue weighted by atomic mass is 10.1. The van der Waals surface area contributed by atoms with Crippen molar-refractivity contribution in [2.45, 2.75) is 13.3 Å². The summed E-state index contributed by atoms with van der Waals surface area (Å²) in [6.45, 7) is 2.28. The predicted molar refractivity (Wildman–Crippen MR) is 89.0 cm³/mol. The minimum Gasteiger partial charge on any atom is -0.370 e. The van der Waals surface area contributed by atoms with Crippen LogP contribution in [-0.2, 0) is 11.2 Å². The summed E-state index contributed by atoms with van der Waals surface area (Å²) in [7, 11) is 0. The van der Waals surface area contributed by atoms with Crippen molar-refractivity contribution in [2.75, 3.05) is 17.2 Å². The van der Waals surface area contributed by atoms with Crippen molar-refractivity contribution in [3.05, 3.63) is 54.4 Å². The first-order valence-corrected chi connectivity index (χ1v) is 7.25. The van der Waals surface area contributed by atoms with Crippen LogP contribution in [0.15, 0.2) is 48.8 Å². The van der Waals surface area contributed by atoms with E-state index in [2.05, 4.69) is 45.0 Å². The number of amides is 1. The number of nitrogens with zero attached hydrogens (tertiary/aromatic N) is 1. The zero-order chi connectivity index (χ0) is 15.4. The molecule has 3 rings (SSSR count). The second kappa shape index (κ2) is 6.30. The molecule has 0 spiro atoms. The number of nitrogens with one attached hydrogen (secondary N) is 3. The fourth-order valence-corrected chi connectivity index (χ4v) is 2.44. The van der Waals surface area contributed by atoms with Gasteiger partial charge in [-0.1, -0.05) is 18.2 Å². The third kappa shape index (κ3) is 3.25. The fraction of sp³-hybridized carbons (Fsp3) is 0.176. The number of hydrogen-bond donors (Lipinski definition) is 3. The number of hydrogen-bond acceptors (Lipinski definition) is 3. The zero-order valence-electron chi connectivity index (χ0n) is 12.4. The number of benzene rings is 1. The number of aromatic nitrogens is 2. The second-order valence-electron chi connectivity index (χ2n) is 5.15. The number of rotatable bonds is 5. The van der Waals surface area contributed by atoms with Gasteiger partial charge in [-0.15, -0.1) is 0 Å². The lowest BCUT2D eigenvalue weighted by Crippen LogP contribution is -2.08. The molecule has 112 valence electrons. The Morgan fingerprint density at radius 3 is 2.86 bits per heavy atom. The van der Waals surface area contributed by atoms with Gasteiger partial charge in [0.05, 0.1) is 11.9 Å². The van der Waals surface area contributed by atoms with Gasteiger partial charge in [-0.3, -0.25) is 4.79 Å². The van der Waals surface area contributed by atoms with Crippen LogP contribution in [0.25, 0.3) is 10.9 Å². The quantitative estimate of drug-likeness (QED) is 0.677. The highest BCUT2D eigenvalue weighted by atomic mass is 16.1. The van der Waals surface area contributed by atoms with E-state index in [4.69, 9.17) is 0 Å². The highest BCUT2D eigenvalue weighted by Gasteiger charge is 2.03. The molecular weight excluding hydrogens is 276 g/mol. The summed E-state index contributed by atoms with van der Waals surface area (Å²) in [6.07, 6.45) is 4.62. The molecule has 0 saturated carbocycles. The van der Waals surface area contributed by atoms with Crippen LogP contribution >= 0.6 is 0 Å². The topological polar surface area (TPSA) is 69.8 Å². The van der Waals surface area contributed by atoms with Crippen molar-refractivity contribution in [1.82, 2.24) is 9.97 Å². The van der Waals surface area contributed by atoms with Gasteiger partial charge in [-0.25, -0.2) is 4.98 Å². The molecule has 0 radical (unpaired) electrons. The van der Waals surface area contributed by atoms with Crippen molar-refractivity contribution in [2.24, 2.45) is 0 Å². The summed E-state index contributed by atoms with van der Waals surface area (Å²) in [4.78, 5) is 18.5. The molecule has 0 aliphatic heterocycles. The summed E-state index contributed by atoms with van der Waals surface area (Å²) in [5, 5.41) is 7.25. The minimum absolute atomic E-state index is 0.0955. The molecule has 0 bridgehead atoms. The molecule has 22 heavy (non-hydrogen) atoms. The molecule has 3 N–H and O–H groups in total. The molecular formula is C17H18N4O. The van der Waals surface area contributed by atoms with Crippen LogP contribution in [-0.4, -0.2) is 22.4 Å². The van der Waals surface area contributed by atoms with Gasteiger partial charge in [0, 0.05) is 30.6 Å². The van der Waals surface area contributed by atoms with E-state index < -0.39 is 0 Å². The number of pyridine rings is 1. The number of fused-ring (bicyclic) bond motifs is 1. The minimum atomic E-state index is -0.0955. The average Bonchev–Trinajstić information content (AvgIpc) is 2.92. The van der Waals surface area contributed by atoms with Gasteiger partial charge < -0.3 is 15.6 Å². The zero-order valence-corrected chi connectivity index (χ0v) is 12.4. The molecule has 1 amide bonds. The van der Waals surface area contributed by atoms with Crippen LogP contribution in [0.5, 0.6) is 0 Å². The van der Waals surface area contributed by atoms with Gasteiger partial charge >= 0.3 is 0 Å². The predicted octanol–water partition coefficient (Wildman–Crippen LogP) is 3.18. The summed E-state index contributed by atoms with van der Waals surface area (Å²) < 4.78 is 0. The molecule has 1 aromatic carbocycles. The Hall–Kier alpha value is -2.82. The van der Waals surface area contributed by atoms with Gasteiger partial charge in [0.1, 0.15) is 5.82 Å². The molecule has 5 nitrogen and oxygen atoms in total. The first-order valence-electron chi connectivity index (χ1n) is 7.25. The average molecular weight is 294 g/mol. The van der Waals surface area contributed by atoms with E-state index in [-0.39, 0.29) is 5.91 Å². The first-order chi connectivity index (χ1) is 10.7. The maximum atomic E-state index is 11.0. The van der Waals surface area contributed by atoms with E-state index in [0.717, 1.165) is 24.3 Å². The second-order valence-corrected chi connectivity index (χ2v) is 5.15. The Kier molecular flexibility index (Phi) is 4.05. The van der Waals surface area contributed by atoms with Crippen LogP contribution in [0.3, 0.4) is 0 Å². The SMILES string of the molecule is CC(=O)Nc1ccc(NCCc2c[nH]c3ccccc23)nc1. The summed E-state index contributed by atoms with van der Waals surface area (Å²) in [5.74, 6) is 0.704. The summed E-state index contributed by atoms with van der Waals surface area (Å²) in [5.41, 5.74) is 3.16. The molecule has 2 aromatic heterocycles. The fourth-order valence-electron chi connectivity index (χ4n) is 2.44. The molecule has 0 aliphatic rings. The first kappa shape index (κ1) is 14.1. The molecule has 2 heterocycles. The smallest absolute Gasteiger partial charge is 0.221 e. The van der Waals surface area contributed by atoms with Gasteiger partial charge in [0.15, 0.2) is 0 Å². The molecule has 0 saturated heterocycles. The van der Waals surface area contributed by atoms with Crippen molar-refractivity contribution in [3.63, 3.8) is 0 Å². The van der Waals surface area contributed by atoms with Crippen molar-refractivity contribution >= 4 is 28.3 Å². The number of H-pyrrole nitrogens is 1. The Morgan fingerprint density at radius 2 is 2.09 bits per heavy atom. The van der Waals surface area contributed by atoms with E-state index >= 15 is 0 Å². The Morgan fingerprint density at radius 1 is 1.23 bits per heavy atom. The Bertz CT molecular complexity index is 777. The largest absolute Gasteiger partial charge is 0.370 e. The van der Waals surface area contributed by atoms with Gasteiger partial charge in [-0.2, -0.15) is 0 Å². The molecule has 3 aromatic rings. The normalized spacial score (nSPS) is 10.6. The number of anilines is 2.